The molecule has 1 saturated heterocycles. The van der Waals surface area contributed by atoms with E-state index in [1.54, 1.807) is 17.0 Å². The van der Waals surface area contributed by atoms with Crippen LogP contribution in [0, 0.1) is 5.82 Å². The van der Waals surface area contributed by atoms with Gasteiger partial charge in [-0.25, -0.2) is 14.0 Å². The summed E-state index contributed by atoms with van der Waals surface area (Å²) in [5, 5.41) is 10.5. The van der Waals surface area contributed by atoms with Crippen LogP contribution in [0.4, 0.5) is 28.0 Å². The minimum absolute atomic E-state index is 0.156. The Morgan fingerprint density at radius 1 is 1.36 bits per heavy atom. The lowest BCUT2D eigenvalue weighted by Crippen LogP contribution is -2.44. The van der Waals surface area contributed by atoms with Gasteiger partial charge in [0.05, 0.1) is 7.11 Å². The average molecular weight is 364 g/mol. The maximum absolute atomic E-state index is 13.3. The summed E-state index contributed by atoms with van der Waals surface area (Å²) in [7, 11) is 1.38. The number of carboxylic acids is 1. The molecule has 138 valence electrons. The molecule has 2 heterocycles. The second-order valence-electron chi connectivity index (χ2n) is 5.60. The number of benzene rings is 1. The molecule has 2 atom stereocenters. The Kier molecular flexibility index (Phi) is 5.39. The minimum atomic E-state index is -5.08. The first-order valence-electron chi connectivity index (χ1n) is 7.32. The van der Waals surface area contributed by atoms with Crippen LogP contribution in [0.5, 0.6) is 0 Å². The standard InChI is InChI=1S/C13H15FN2O2.C2HF3O2/c1-18-13(17)16-5-4-12-10(7-16)9-6-8(14)2-3-11(9)15-12;3-2(4,5)1(6)7/h2-3,6,10,12,15H,4-5,7H2,1H3;(H,6,7)/t10-,12+;/m0./s1. The zero-order chi connectivity index (χ0) is 18.8. The van der Waals surface area contributed by atoms with Crippen molar-refractivity contribution in [3.63, 3.8) is 0 Å². The summed E-state index contributed by atoms with van der Waals surface area (Å²) in [5.74, 6) is -2.83. The Morgan fingerprint density at radius 3 is 2.56 bits per heavy atom. The van der Waals surface area contributed by atoms with Crippen LogP contribution in [0.15, 0.2) is 18.2 Å². The van der Waals surface area contributed by atoms with Gasteiger partial charge in [-0.15, -0.1) is 0 Å². The fourth-order valence-corrected chi connectivity index (χ4v) is 2.91. The molecule has 2 aliphatic rings. The van der Waals surface area contributed by atoms with Gasteiger partial charge in [-0.2, -0.15) is 13.2 Å². The topological polar surface area (TPSA) is 78.9 Å². The van der Waals surface area contributed by atoms with Gasteiger partial charge in [-0.05, 0) is 30.2 Å². The number of likely N-dealkylation sites (tertiary alicyclic amines) is 1. The number of alkyl halides is 3. The van der Waals surface area contributed by atoms with Gasteiger partial charge in [0.2, 0.25) is 0 Å². The van der Waals surface area contributed by atoms with Crippen molar-refractivity contribution in [1.29, 1.82) is 0 Å². The van der Waals surface area contributed by atoms with Gasteiger partial charge in [0.15, 0.2) is 0 Å². The fraction of sp³-hybridized carbons (Fsp3) is 0.467. The molecule has 0 saturated carbocycles. The molecule has 1 aromatic carbocycles. The number of amides is 1. The van der Waals surface area contributed by atoms with E-state index in [1.807, 2.05) is 0 Å². The second-order valence-corrected chi connectivity index (χ2v) is 5.60. The number of piperidine rings is 1. The lowest BCUT2D eigenvalue weighted by atomic mass is 9.89. The van der Waals surface area contributed by atoms with Crippen LogP contribution in [0.2, 0.25) is 0 Å². The smallest absolute Gasteiger partial charge is 0.475 e. The number of carbonyl (C=O) groups is 2. The molecular weight excluding hydrogens is 348 g/mol. The van der Waals surface area contributed by atoms with Crippen molar-refractivity contribution < 1.29 is 37.0 Å². The van der Waals surface area contributed by atoms with E-state index in [1.165, 1.54) is 13.2 Å². The van der Waals surface area contributed by atoms with Gasteiger partial charge in [0.25, 0.3) is 0 Å². The third-order valence-electron chi connectivity index (χ3n) is 4.04. The van der Waals surface area contributed by atoms with Crippen LogP contribution in [0.3, 0.4) is 0 Å². The highest BCUT2D eigenvalue weighted by Gasteiger charge is 2.39. The lowest BCUT2D eigenvalue weighted by molar-refractivity contribution is -0.192. The van der Waals surface area contributed by atoms with E-state index in [-0.39, 0.29) is 17.8 Å². The van der Waals surface area contributed by atoms with E-state index in [0.717, 1.165) is 17.7 Å². The molecule has 3 rings (SSSR count). The Balaban J connectivity index is 0.000000277. The number of nitrogens with one attached hydrogen (secondary N) is 1. The molecule has 0 aromatic heterocycles. The number of carbonyl (C=O) groups excluding carboxylic acids is 1. The zero-order valence-corrected chi connectivity index (χ0v) is 13.1. The van der Waals surface area contributed by atoms with Gasteiger partial charge in [-0.1, -0.05) is 0 Å². The maximum Gasteiger partial charge on any atom is 0.490 e. The van der Waals surface area contributed by atoms with Gasteiger partial charge in [-0.3, -0.25) is 0 Å². The molecule has 2 aliphatic heterocycles. The number of halogens is 4. The number of hydrogen-bond donors (Lipinski definition) is 2. The molecular formula is C15H16F4N2O4. The number of methoxy groups -OCH3 is 1. The molecule has 0 radical (unpaired) electrons. The minimum Gasteiger partial charge on any atom is -0.475 e. The van der Waals surface area contributed by atoms with E-state index in [9.17, 15) is 22.4 Å². The van der Waals surface area contributed by atoms with Crippen LogP contribution in [-0.4, -0.2) is 54.5 Å². The van der Waals surface area contributed by atoms with Crippen molar-refractivity contribution >= 4 is 17.7 Å². The number of ether oxygens (including phenoxy) is 1. The van der Waals surface area contributed by atoms with Crippen molar-refractivity contribution in [1.82, 2.24) is 4.90 Å². The third-order valence-corrected chi connectivity index (χ3v) is 4.04. The third kappa shape index (κ3) is 4.31. The SMILES string of the molecule is COC(=O)N1CC[C@H]2Nc3ccc(F)cc3[C@@H]2C1.O=C(O)C(F)(F)F. The zero-order valence-electron chi connectivity index (χ0n) is 13.1. The highest BCUT2D eigenvalue weighted by atomic mass is 19.4. The van der Waals surface area contributed by atoms with E-state index in [4.69, 9.17) is 14.6 Å². The quantitative estimate of drug-likeness (QED) is 0.692. The highest BCUT2D eigenvalue weighted by Crippen LogP contribution is 2.40. The van der Waals surface area contributed by atoms with Gasteiger partial charge in [0, 0.05) is 30.7 Å². The Bertz CT molecular complexity index is 665. The number of hydrogen-bond acceptors (Lipinski definition) is 4. The molecule has 2 N–H and O–H groups in total. The second kappa shape index (κ2) is 7.16. The monoisotopic (exact) mass is 364 g/mol. The van der Waals surface area contributed by atoms with Gasteiger partial charge >= 0.3 is 18.2 Å². The Hall–Kier alpha value is -2.52. The van der Waals surface area contributed by atoms with E-state index < -0.39 is 12.1 Å². The summed E-state index contributed by atoms with van der Waals surface area (Å²) in [6, 6.07) is 5.09. The first-order chi connectivity index (χ1) is 11.6. The molecule has 1 aromatic rings. The molecule has 0 unspecified atom stereocenters. The largest absolute Gasteiger partial charge is 0.490 e. The molecule has 25 heavy (non-hydrogen) atoms. The van der Waals surface area contributed by atoms with Crippen molar-refractivity contribution in [2.45, 2.75) is 24.6 Å². The fourth-order valence-electron chi connectivity index (χ4n) is 2.91. The first kappa shape index (κ1) is 18.8. The average Bonchev–Trinajstić information content (AvgIpc) is 2.91. The molecule has 0 spiro atoms. The Morgan fingerprint density at radius 2 is 2.00 bits per heavy atom. The highest BCUT2D eigenvalue weighted by molar-refractivity contribution is 5.73. The van der Waals surface area contributed by atoms with Gasteiger partial charge < -0.3 is 20.1 Å². The molecule has 1 amide bonds. The van der Waals surface area contributed by atoms with Crippen LogP contribution in [-0.2, 0) is 9.53 Å². The van der Waals surface area contributed by atoms with E-state index in [2.05, 4.69) is 5.32 Å². The summed E-state index contributed by atoms with van der Waals surface area (Å²) in [6.07, 6.45) is -4.53. The number of aliphatic carboxylic acids is 1. The van der Waals surface area contributed by atoms with Crippen LogP contribution in [0.1, 0.15) is 17.9 Å². The van der Waals surface area contributed by atoms with Crippen LogP contribution < -0.4 is 5.32 Å². The maximum atomic E-state index is 13.3. The van der Waals surface area contributed by atoms with Crippen molar-refractivity contribution in [3.05, 3.63) is 29.6 Å². The number of rotatable bonds is 0. The number of anilines is 1. The number of fused-ring (bicyclic) bond motifs is 3. The summed E-state index contributed by atoms with van der Waals surface area (Å²) < 4.78 is 49.8. The van der Waals surface area contributed by atoms with Crippen molar-refractivity contribution in [3.8, 4) is 0 Å². The molecule has 0 aliphatic carbocycles. The number of nitrogens with zero attached hydrogens (tertiary/aromatic N) is 1. The van der Waals surface area contributed by atoms with E-state index >= 15 is 0 Å². The Labute approximate surface area is 140 Å². The summed E-state index contributed by atoms with van der Waals surface area (Å²) in [5.41, 5.74) is 1.95. The van der Waals surface area contributed by atoms with Crippen LogP contribution in [0.25, 0.3) is 0 Å². The van der Waals surface area contributed by atoms with Crippen LogP contribution >= 0.6 is 0 Å². The van der Waals surface area contributed by atoms with Crippen molar-refractivity contribution in [2.75, 3.05) is 25.5 Å². The summed E-state index contributed by atoms with van der Waals surface area (Å²) >= 11 is 0. The number of carboxylic acid groups (broad SMARTS) is 1. The molecule has 10 heteroatoms. The normalized spacial score (nSPS) is 21.2. The lowest BCUT2D eigenvalue weighted by Gasteiger charge is -2.34. The summed E-state index contributed by atoms with van der Waals surface area (Å²) in [6.45, 7) is 1.26. The summed E-state index contributed by atoms with van der Waals surface area (Å²) in [4.78, 5) is 22.1. The van der Waals surface area contributed by atoms with Gasteiger partial charge in [0.1, 0.15) is 5.82 Å². The molecule has 0 bridgehead atoms. The molecule has 1 fully saturated rings. The predicted octanol–water partition coefficient (Wildman–Crippen LogP) is 2.81. The first-order valence-corrected chi connectivity index (χ1v) is 7.32. The molecule has 6 nitrogen and oxygen atoms in total. The van der Waals surface area contributed by atoms with Crippen molar-refractivity contribution in [2.24, 2.45) is 0 Å². The predicted molar refractivity (Wildman–Crippen MR) is 78.8 cm³/mol. The van der Waals surface area contributed by atoms with E-state index in [0.29, 0.717) is 19.1 Å².